The molecule has 1 aliphatic heterocycles. The molecule has 1 fully saturated rings. The summed E-state index contributed by atoms with van der Waals surface area (Å²) in [5.74, 6) is 0.946. The van der Waals surface area contributed by atoms with Gasteiger partial charge in [0.05, 0.1) is 11.4 Å². The van der Waals surface area contributed by atoms with E-state index < -0.39 is 0 Å². The summed E-state index contributed by atoms with van der Waals surface area (Å²) < 4.78 is 8.91. The molecule has 0 unspecified atom stereocenters. The van der Waals surface area contributed by atoms with Crippen molar-refractivity contribution in [3.05, 3.63) is 148 Å². The molecule has 0 amide bonds. The van der Waals surface area contributed by atoms with Crippen LogP contribution >= 0.6 is 70.3 Å². The minimum Gasteiger partial charge on any atom is -0.338 e. The largest absolute Gasteiger partial charge is 0.338 e. The molecule has 0 saturated carbocycles. The molecule has 16 heteroatoms. The average Bonchev–Trinajstić information content (AvgIpc) is 3.72. The lowest BCUT2D eigenvalue weighted by atomic mass is 10.3. The molecule has 5 heterocycles. The van der Waals surface area contributed by atoms with Crippen LogP contribution in [0.25, 0.3) is 43.4 Å². The van der Waals surface area contributed by atoms with Gasteiger partial charge in [-0.05, 0) is 97.2 Å². The SMILES string of the molecule is O=c1c2sc(=S)n(-c3ccccc3)c2nc(N2CCN(c3nc4c(sc(=S)n4-c4ccccc4)c(=O)n3-c3ccc(Cl)cc3)CC2)n1-c1ccc(Cl)cc1. The third-order valence-electron chi connectivity index (χ3n) is 9.22. The summed E-state index contributed by atoms with van der Waals surface area (Å²) in [5, 5.41) is 1.11. The van der Waals surface area contributed by atoms with Gasteiger partial charge in [-0.2, -0.15) is 9.97 Å². The number of thiazole rings is 2. The van der Waals surface area contributed by atoms with Crippen molar-refractivity contribution in [1.29, 1.82) is 0 Å². The van der Waals surface area contributed by atoms with Crippen molar-refractivity contribution in [2.24, 2.45) is 0 Å². The topological polar surface area (TPSA) is 86.1 Å². The van der Waals surface area contributed by atoms with E-state index in [-0.39, 0.29) is 11.1 Å². The predicted molar refractivity (Wildman–Crippen MR) is 225 cm³/mol. The summed E-state index contributed by atoms with van der Waals surface area (Å²) >= 11 is 26.6. The molecule has 8 aromatic rings. The van der Waals surface area contributed by atoms with E-state index in [0.717, 1.165) is 11.4 Å². The van der Waals surface area contributed by atoms with Gasteiger partial charge in [-0.1, -0.05) is 82.3 Å². The Balaban J connectivity index is 1.17. The zero-order chi connectivity index (χ0) is 37.1. The number of para-hydroxylation sites is 2. The standard InChI is InChI=1S/C38H26Cl2N8O2S4/c39-23-11-15-27(16-12-23)47-33(49)29-31(45(37(51)53-29)25-7-3-1-4-8-25)41-35(47)43-19-21-44(22-20-43)36-42-32-30(34(50)48(36)28-17-13-24(40)14-18-28)54-38(52)46(32)26-9-5-2-6-10-26/h1-18H,19-22H2. The highest BCUT2D eigenvalue weighted by Crippen LogP contribution is 2.31. The summed E-state index contributed by atoms with van der Waals surface area (Å²) in [4.78, 5) is 43.4. The number of halogens is 2. The first-order valence-electron chi connectivity index (χ1n) is 16.8. The van der Waals surface area contributed by atoms with E-state index in [1.807, 2.05) is 94.1 Å². The molecule has 0 radical (unpaired) electrons. The number of piperazine rings is 1. The van der Waals surface area contributed by atoms with Crippen molar-refractivity contribution in [2.45, 2.75) is 0 Å². The van der Waals surface area contributed by atoms with Gasteiger partial charge < -0.3 is 9.80 Å². The van der Waals surface area contributed by atoms with E-state index in [2.05, 4.69) is 9.80 Å². The van der Waals surface area contributed by atoms with Gasteiger partial charge in [0.15, 0.2) is 19.2 Å². The Morgan fingerprint density at radius 2 is 0.815 bits per heavy atom. The Morgan fingerprint density at radius 3 is 1.17 bits per heavy atom. The third-order valence-corrected chi connectivity index (χ3v) is 12.4. The Kier molecular flexibility index (Phi) is 9.04. The first kappa shape index (κ1) is 34.8. The van der Waals surface area contributed by atoms with Crippen LogP contribution in [0.3, 0.4) is 0 Å². The molecule has 4 aromatic heterocycles. The maximum Gasteiger partial charge on any atom is 0.279 e. The van der Waals surface area contributed by atoms with Gasteiger partial charge >= 0.3 is 0 Å². The smallest absolute Gasteiger partial charge is 0.279 e. The molecular formula is C38H26Cl2N8O2S4. The normalized spacial score (nSPS) is 13.3. The van der Waals surface area contributed by atoms with Crippen LogP contribution in [0, 0.1) is 7.91 Å². The Morgan fingerprint density at radius 1 is 0.481 bits per heavy atom. The second-order valence-corrected chi connectivity index (χ2v) is 16.6. The monoisotopic (exact) mass is 824 g/mol. The Bertz CT molecular complexity index is 2750. The molecule has 0 aliphatic carbocycles. The maximum atomic E-state index is 14.4. The summed E-state index contributed by atoms with van der Waals surface area (Å²) in [6.07, 6.45) is 0. The van der Waals surface area contributed by atoms with Gasteiger partial charge in [-0.25, -0.2) is 9.13 Å². The number of aromatic nitrogens is 6. The fourth-order valence-corrected chi connectivity index (χ4v) is 9.54. The average molecular weight is 826 g/mol. The molecule has 1 aliphatic rings. The van der Waals surface area contributed by atoms with E-state index in [1.165, 1.54) is 22.7 Å². The fraction of sp³-hybridized carbons (Fsp3) is 0.105. The molecule has 0 atom stereocenters. The van der Waals surface area contributed by atoms with Gasteiger partial charge in [-0.3, -0.25) is 18.7 Å². The number of anilines is 2. The third kappa shape index (κ3) is 5.99. The van der Waals surface area contributed by atoms with E-state index in [0.29, 0.717) is 88.1 Å². The highest BCUT2D eigenvalue weighted by molar-refractivity contribution is 7.74. The Hall–Kier alpha value is -4.96. The molecule has 54 heavy (non-hydrogen) atoms. The minimum absolute atomic E-state index is 0.225. The second kappa shape index (κ2) is 14.0. The van der Waals surface area contributed by atoms with E-state index in [9.17, 15) is 9.59 Å². The van der Waals surface area contributed by atoms with Crippen molar-refractivity contribution in [1.82, 2.24) is 28.2 Å². The first-order chi connectivity index (χ1) is 26.3. The molecule has 9 rings (SSSR count). The van der Waals surface area contributed by atoms with Crippen molar-refractivity contribution < 1.29 is 0 Å². The maximum absolute atomic E-state index is 14.4. The zero-order valence-corrected chi connectivity index (χ0v) is 32.8. The van der Waals surface area contributed by atoms with Gasteiger partial charge in [0.25, 0.3) is 11.1 Å². The number of fused-ring (bicyclic) bond motifs is 2. The van der Waals surface area contributed by atoms with Crippen molar-refractivity contribution in [3.8, 4) is 22.7 Å². The molecule has 0 N–H and O–H groups in total. The zero-order valence-electron chi connectivity index (χ0n) is 28.0. The minimum atomic E-state index is -0.225. The van der Waals surface area contributed by atoms with Crippen molar-refractivity contribution in [3.63, 3.8) is 0 Å². The van der Waals surface area contributed by atoms with E-state index in [1.54, 1.807) is 33.4 Å². The second-order valence-electron chi connectivity index (χ2n) is 12.4. The van der Waals surface area contributed by atoms with Gasteiger partial charge in [0, 0.05) is 47.6 Å². The summed E-state index contributed by atoms with van der Waals surface area (Å²) in [6, 6.07) is 33.6. The number of hydrogen-bond acceptors (Lipinski definition) is 10. The van der Waals surface area contributed by atoms with Crippen LogP contribution < -0.4 is 20.9 Å². The molecular weight excluding hydrogens is 800 g/mol. The summed E-state index contributed by atoms with van der Waals surface area (Å²) in [6.45, 7) is 1.85. The highest BCUT2D eigenvalue weighted by Gasteiger charge is 2.29. The Labute approximate surface area is 335 Å². The van der Waals surface area contributed by atoms with Crippen LogP contribution in [0.15, 0.2) is 119 Å². The van der Waals surface area contributed by atoms with Gasteiger partial charge in [0.2, 0.25) is 11.9 Å². The molecule has 10 nitrogen and oxygen atoms in total. The number of hydrogen-bond donors (Lipinski definition) is 0. The summed E-state index contributed by atoms with van der Waals surface area (Å²) in [5.41, 5.74) is 3.46. The highest BCUT2D eigenvalue weighted by atomic mass is 35.5. The number of rotatable bonds is 6. The van der Waals surface area contributed by atoms with Crippen LogP contribution in [0.5, 0.6) is 0 Å². The molecule has 268 valence electrons. The van der Waals surface area contributed by atoms with Crippen LogP contribution in [0.1, 0.15) is 0 Å². The quantitative estimate of drug-likeness (QED) is 0.154. The first-order valence-corrected chi connectivity index (χ1v) is 20.0. The molecule has 4 aromatic carbocycles. The lowest BCUT2D eigenvalue weighted by Crippen LogP contribution is -2.50. The number of benzene rings is 4. The van der Waals surface area contributed by atoms with Crippen LogP contribution in [0.4, 0.5) is 11.9 Å². The van der Waals surface area contributed by atoms with Crippen molar-refractivity contribution in [2.75, 3.05) is 36.0 Å². The van der Waals surface area contributed by atoms with Crippen LogP contribution in [-0.2, 0) is 0 Å². The lowest BCUT2D eigenvalue weighted by molar-refractivity contribution is 0.614. The fourth-order valence-electron chi connectivity index (χ4n) is 6.67. The van der Waals surface area contributed by atoms with E-state index >= 15 is 0 Å². The molecule has 0 spiro atoms. The number of nitrogens with zero attached hydrogens (tertiary/aromatic N) is 8. The van der Waals surface area contributed by atoms with Crippen LogP contribution in [-0.4, -0.2) is 54.4 Å². The van der Waals surface area contributed by atoms with E-state index in [4.69, 9.17) is 57.6 Å². The van der Waals surface area contributed by atoms with Gasteiger partial charge in [0.1, 0.15) is 9.40 Å². The van der Waals surface area contributed by atoms with Crippen molar-refractivity contribution >= 4 is 103 Å². The molecule has 0 bridgehead atoms. The van der Waals surface area contributed by atoms with Crippen LogP contribution in [0.2, 0.25) is 10.0 Å². The predicted octanol–water partition coefficient (Wildman–Crippen LogP) is 8.88. The lowest BCUT2D eigenvalue weighted by Gasteiger charge is -2.37. The summed E-state index contributed by atoms with van der Waals surface area (Å²) in [7, 11) is 0. The van der Waals surface area contributed by atoms with Gasteiger partial charge in [-0.15, -0.1) is 0 Å². The molecule has 1 saturated heterocycles.